The Hall–Kier alpha value is -2.90. The van der Waals surface area contributed by atoms with Crippen LogP contribution in [0.2, 0.25) is 5.02 Å². The molecule has 0 aliphatic carbocycles. The maximum atomic E-state index is 11.7. The zero-order valence-electron chi connectivity index (χ0n) is 20.3. The molecule has 0 bridgehead atoms. The lowest BCUT2D eigenvalue weighted by atomic mass is 10.0. The number of hydrogen-bond donors (Lipinski definition) is 1. The first kappa shape index (κ1) is 24.8. The summed E-state index contributed by atoms with van der Waals surface area (Å²) in [7, 11) is 0. The van der Waals surface area contributed by atoms with E-state index in [0.717, 1.165) is 85.6 Å². The molecule has 0 saturated carbocycles. The van der Waals surface area contributed by atoms with E-state index in [9.17, 15) is 9.90 Å². The van der Waals surface area contributed by atoms with Crippen LogP contribution in [0.25, 0.3) is 22.5 Å². The van der Waals surface area contributed by atoms with E-state index in [-0.39, 0.29) is 16.4 Å². The summed E-state index contributed by atoms with van der Waals surface area (Å²) < 4.78 is 0. The summed E-state index contributed by atoms with van der Waals surface area (Å²) in [5, 5.41) is 9.79. The number of fused-ring (bicyclic) bond motifs is 1. The fourth-order valence-electron chi connectivity index (χ4n) is 4.73. The molecule has 0 fully saturated rings. The lowest BCUT2D eigenvalue weighted by Crippen LogP contribution is -2.32. The SMILES string of the molecule is Cc1ccc(-c2nc3c(nc2-c2ccc(Cl)cc2)N(CCCCCC2SC(O)=NC2=O)CCC3)cc1. The number of carbonyl (C=O) groups excluding carboxylic acids is 1. The van der Waals surface area contributed by atoms with E-state index in [2.05, 4.69) is 41.1 Å². The number of aliphatic hydroxyl groups is 1. The van der Waals surface area contributed by atoms with Gasteiger partial charge < -0.3 is 10.0 Å². The van der Waals surface area contributed by atoms with Crippen LogP contribution in [0.5, 0.6) is 0 Å². The van der Waals surface area contributed by atoms with Gasteiger partial charge in [-0.15, -0.1) is 0 Å². The first-order valence-electron chi connectivity index (χ1n) is 12.4. The molecule has 2 aliphatic rings. The molecule has 1 atom stereocenters. The molecule has 2 aromatic carbocycles. The van der Waals surface area contributed by atoms with Crippen molar-refractivity contribution >= 4 is 40.3 Å². The highest BCUT2D eigenvalue weighted by molar-refractivity contribution is 8.15. The summed E-state index contributed by atoms with van der Waals surface area (Å²) >= 11 is 7.34. The fraction of sp³-hybridized carbons (Fsp3) is 0.357. The average molecular weight is 521 g/mol. The van der Waals surface area contributed by atoms with Crippen molar-refractivity contribution in [3.63, 3.8) is 0 Å². The van der Waals surface area contributed by atoms with Gasteiger partial charge in [0.05, 0.1) is 22.3 Å². The molecule has 0 radical (unpaired) electrons. The van der Waals surface area contributed by atoms with E-state index in [1.165, 1.54) is 17.3 Å². The Morgan fingerprint density at radius 1 is 1.00 bits per heavy atom. The van der Waals surface area contributed by atoms with Crippen molar-refractivity contribution in [2.75, 3.05) is 18.0 Å². The van der Waals surface area contributed by atoms with Gasteiger partial charge in [0.2, 0.25) is 0 Å². The number of aliphatic hydroxyl groups excluding tert-OH is 1. The highest BCUT2D eigenvalue weighted by atomic mass is 35.5. The van der Waals surface area contributed by atoms with Crippen LogP contribution in [0.15, 0.2) is 53.5 Å². The lowest BCUT2D eigenvalue weighted by Gasteiger charge is -2.30. The number of benzene rings is 2. The Labute approximate surface area is 220 Å². The molecule has 1 unspecified atom stereocenters. The largest absolute Gasteiger partial charge is 0.488 e. The van der Waals surface area contributed by atoms with E-state index in [1.54, 1.807) is 0 Å². The predicted molar refractivity (Wildman–Crippen MR) is 148 cm³/mol. The Morgan fingerprint density at radius 3 is 2.39 bits per heavy atom. The molecule has 3 heterocycles. The smallest absolute Gasteiger partial charge is 0.263 e. The summed E-state index contributed by atoms with van der Waals surface area (Å²) in [5.41, 5.74) is 6.10. The first-order valence-corrected chi connectivity index (χ1v) is 13.7. The van der Waals surface area contributed by atoms with Crippen LogP contribution >= 0.6 is 23.4 Å². The molecular formula is C28H29ClN4O2S. The van der Waals surface area contributed by atoms with Crippen LogP contribution in [-0.4, -0.2) is 44.6 Å². The Morgan fingerprint density at radius 2 is 1.69 bits per heavy atom. The molecule has 186 valence electrons. The number of thioether (sulfide) groups is 1. The molecule has 1 N–H and O–H groups in total. The molecule has 5 rings (SSSR count). The molecule has 1 amide bonds. The molecule has 0 spiro atoms. The minimum atomic E-state index is -0.228. The Kier molecular flexibility index (Phi) is 7.58. The van der Waals surface area contributed by atoms with Gasteiger partial charge in [0, 0.05) is 29.2 Å². The lowest BCUT2D eigenvalue weighted by molar-refractivity contribution is -0.117. The number of hydrogen-bond acceptors (Lipinski definition) is 5. The molecule has 1 aromatic heterocycles. The third-order valence-electron chi connectivity index (χ3n) is 6.65. The number of aryl methyl sites for hydroxylation is 2. The van der Waals surface area contributed by atoms with E-state index >= 15 is 0 Å². The zero-order valence-corrected chi connectivity index (χ0v) is 21.9. The summed E-state index contributed by atoms with van der Waals surface area (Å²) in [4.78, 5) is 28.1. The van der Waals surface area contributed by atoms with Gasteiger partial charge in [-0.25, -0.2) is 9.97 Å². The quantitative estimate of drug-likeness (QED) is 0.335. The van der Waals surface area contributed by atoms with Crippen molar-refractivity contribution in [3.05, 3.63) is 64.8 Å². The number of aliphatic imine (C=N–C) groups is 1. The predicted octanol–water partition coefficient (Wildman–Crippen LogP) is 6.64. The molecular weight excluding hydrogens is 492 g/mol. The first-order chi connectivity index (χ1) is 17.5. The summed E-state index contributed by atoms with van der Waals surface area (Å²) in [6, 6.07) is 16.3. The van der Waals surface area contributed by atoms with Crippen LogP contribution in [0.3, 0.4) is 0 Å². The summed E-state index contributed by atoms with van der Waals surface area (Å²) in [6.45, 7) is 3.95. The van der Waals surface area contributed by atoms with Gasteiger partial charge in [-0.3, -0.25) is 4.79 Å². The van der Waals surface area contributed by atoms with Crippen molar-refractivity contribution < 1.29 is 9.90 Å². The fourth-order valence-corrected chi connectivity index (χ4v) is 5.69. The van der Waals surface area contributed by atoms with Gasteiger partial charge in [0.1, 0.15) is 0 Å². The van der Waals surface area contributed by atoms with Gasteiger partial charge in [0.15, 0.2) is 5.82 Å². The maximum absolute atomic E-state index is 11.7. The van der Waals surface area contributed by atoms with Crippen LogP contribution in [-0.2, 0) is 11.2 Å². The van der Waals surface area contributed by atoms with E-state index in [4.69, 9.17) is 21.6 Å². The number of anilines is 1. The maximum Gasteiger partial charge on any atom is 0.263 e. The highest BCUT2D eigenvalue weighted by Crippen LogP contribution is 2.35. The summed E-state index contributed by atoms with van der Waals surface area (Å²) in [6.07, 6.45) is 5.67. The van der Waals surface area contributed by atoms with Crippen LogP contribution in [0.1, 0.15) is 43.4 Å². The number of nitrogens with zero attached hydrogens (tertiary/aromatic N) is 4. The second-order valence-electron chi connectivity index (χ2n) is 9.34. The van der Waals surface area contributed by atoms with E-state index in [1.807, 2.05) is 24.3 Å². The average Bonchev–Trinajstić information content (AvgIpc) is 3.20. The minimum Gasteiger partial charge on any atom is -0.488 e. The van der Waals surface area contributed by atoms with Gasteiger partial charge in [-0.2, -0.15) is 4.99 Å². The second-order valence-corrected chi connectivity index (χ2v) is 10.9. The Bertz CT molecular complexity index is 1280. The number of rotatable bonds is 8. The van der Waals surface area contributed by atoms with Gasteiger partial charge in [-0.1, -0.05) is 78.2 Å². The summed E-state index contributed by atoms with van der Waals surface area (Å²) in [5.74, 6) is 0.763. The van der Waals surface area contributed by atoms with Gasteiger partial charge in [0.25, 0.3) is 11.1 Å². The van der Waals surface area contributed by atoms with Gasteiger partial charge in [-0.05, 0) is 44.7 Å². The van der Waals surface area contributed by atoms with Crippen molar-refractivity contribution in [2.24, 2.45) is 4.99 Å². The molecule has 8 heteroatoms. The van der Waals surface area contributed by atoms with Crippen LogP contribution < -0.4 is 4.90 Å². The van der Waals surface area contributed by atoms with E-state index in [0.29, 0.717) is 5.02 Å². The number of carbonyl (C=O) groups is 1. The van der Waals surface area contributed by atoms with Crippen molar-refractivity contribution in [2.45, 2.75) is 50.7 Å². The van der Waals surface area contributed by atoms with Crippen molar-refractivity contribution in [1.29, 1.82) is 0 Å². The third kappa shape index (κ3) is 5.57. The molecule has 3 aromatic rings. The Balaban J connectivity index is 1.34. The normalized spacial score (nSPS) is 17.3. The molecule has 2 aliphatic heterocycles. The van der Waals surface area contributed by atoms with Crippen molar-refractivity contribution in [3.8, 4) is 22.5 Å². The monoisotopic (exact) mass is 520 g/mol. The number of aromatic nitrogens is 2. The topological polar surface area (TPSA) is 78.7 Å². The van der Waals surface area contributed by atoms with Crippen LogP contribution in [0, 0.1) is 6.92 Å². The molecule has 0 saturated heterocycles. The second kappa shape index (κ2) is 11.0. The number of halogens is 1. The highest BCUT2D eigenvalue weighted by Gasteiger charge is 2.28. The zero-order chi connectivity index (χ0) is 25.1. The van der Waals surface area contributed by atoms with E-state index < -0.39 is 0 Å². The standard InChI is InChI=1S/C28H29ClN4O2S/c1-18-8-10-19(11-9-18)24-25(20-12-14-21(29)15-13-20)31-26-22(30-24)6-5-17-33(26)16-4-2-3-7-23-27(34)32-28(35)36-23/h8-15,23H,2-7,16-17H2,1H3,(H,32,34,35). The van der Waals surface area contributed by atoms with Crippen molar-refractivity contribution in [1.82, 2.24) is 9.97 Å². The molecule has 36 heavy (non-hydrogen) atoms. The van der Waals surface area contributed by atoms with Gasteiger partial charge >= 0.3 is 0 Å². The van der Waals surface area contributed by atoms with Crippen LogP contribution in [0.4, 0.5) is 5.82 Å². The third-order valence-corrected chi connectivity index (χ3v) is 7.93. The minimum absolute atomic E-state index is 0.102. The molecule has 6 nitrogen and oxygen atoms in total. The number of unbranched alkanes of at least 4 members (excludes halogenated alkanes) is 2. The number of amides is 1.